The van der Waals surface area contributed by atoms with Crippen LogP contribution in [0.1, 0.15) is 16.8 Å². The van der Waals surface area contributed by atoms with Gasteiger partial charge in [-0.2, -0.15) is 5.10 Å². The maximum Gasteiger partial charge on any atom is 0.199 e. The van der Waals surface area contributed by atoms with E-state index in [1.165, 1.54) is 6.21 Å². The van der Waals surface area contributed by atoms with Gasteiger partial charge in [0.1, 0.15) is 6.61 Å². The van der Waals surface area contributed by atoms with Crippen LogP contribution in [0.15, 0.2) is 63.4 Å². The monoisotopic (exact) mass is 366 g/mol. The van der Waals surface area contributed by atoms with E-state index in [0.717, 1.165) is 5.56 Å². The summed E-state index contributed by atoms with van der Waals surface area (Å²) in [6, 6.07) is 15.2. The highest BCUT2D eigenvalue weighted by molar-refractivity contribution is 5.99. The summed E-state index contributed by atoms with van der Waals surface area (Å²) in [5.41, 5.74) is 13.2. The van der Waals surface area contributed by atoms with Gasteiger partial charge in [-0.25, -0.2) is 4.63 Å². The molecule has 0 atom stereocenters. The Bertz CT molecular complexity index is 953. The first kappa shape index (κ1) is 17.9. The van der Waals surface area contributed by atoms with Crippen molar-refractivity contribution in [2.75, 3.05) is 12.8 Å². The van der Waals surface area contributed by atoms with E-state index in [0.29, 0.717) is 23.7 Å². The number of nitrogen functional groups attached to an aromatic ring is 1. The normalized spacial score (nSPS) is 11.7. The topological polar surface area (TPSA) is 134 Å². The van der Waals surface area contributed by atoms with Crippen LogP contribution in [-0.2, 0) is 6.61 Å². The highest BCUT2D eigenvalue weighted by Crippen LogP contribution is 2.30. The van der Waals surface area contributed by atoms with Crippen LogP contribution >= 0.6 is 0 Å². The number of methoxy groups -OCH3 is 1. The third kappa shape index (κ3) is 4.40. The second-order valence-electron chi connectivity index (χ2n) is 5.38. The van der Waals surface area contributed by atoms with Gasteiger partial charge in [-0.1, -0.05) is 36.4 Å². The lowest BCUT2D eigenvalue weighted by atomic mass is 10.2. The van der Waals surface area contributed by atoms with Crippen LogP contribution in [0, 0.1) is 0 Å². The van der Waals surface area contributed by atoms with Crippen LogP contribution in [0.25, 0.3) is 0 Å². The molecule has 1 aromatic heterocycles. The fraction of sp³-hybridized carbons (Fsp3) is 0.111. The molecule has 0 aliphatic carbocycles. The number of aromatic nitrogens is 2. The Labute approximate surface area is 155 Å². The number of hydrogen-bond acceptors (Lipinski definition) is 8. The third-order valence-corrected chi connectivity index (χ3v) is 3.57. The van der Waals surface area contributed by atoms with Gasteiger partial charge in [0.25, 0.3) is 0 Å². The summed E-state index contributed by atoms with van der Waals surface area (Å²) >= 11 is 0. The molecule has 0 saturated heterocycles. The Kier molecular flexibility index (Phi) is 5.63. The Morgan fingerprint density at radius 1 is 1.15 bits per heavy atom. The zero-order valence-corrected chi connectivity index (χ0v) is 14.6. The summed E-state index contributed by atoms with van der Waals surface area (Å²) in [6.45, 7) is 0.384. The number of ether oxygens (including phenoxy) is 2. The lowest BCUT2D eigenvalue weighted by molar-refractivity contribution is 0.284. The molecular formula is C18H18N6O3. The Morgan fingerprint density at radius 3 is 2.67 bits per heavy atom. The van der Waals surface area contributed by atoms with E-state index in [4.69, 9.17) is 20.9 Å². The molecule has 3 rings (SSSR count). The summed E-state index contributed by atoms with van der Waals surface area (Å²) in [7, 11) is 1.57. The predicted octanol–water partition coefficient (Wildman–Crippen LogP) is 1.98. The van der Waals surface area contributed by atoms with E-state index in [-0.39, 0.29) is 17.3 Å². The van der Waals surface area contributed by atoms with E-state index >= 15 is 0 Å². The van der Waals surface area contributed by atoms with E-state index < -0.39 is 0 Å². The van der Waals surface area contributed by atoms with Crippen molar-refractivity contribution in [3.8, 4) is 11.5 Å². The molecule has 2 aromatic carbocycles. The van der Waals surface area contributed by atoms with Gasteiger partial charge in [0.2, 0.25) is 0 Å². The molecule has 0 amide bonds. The van der Waals surface area contributed by atoms with E-state index in [1.54, 1.807) is 13.2 Å². The molecule has 0 aliphatic rings. The smallest absolute Gasteiger partial charge is 0.199 e. The molecule has 3 aromatic rings. The molecule has 1 heterocycles. The molecule has 4 N–H and O–H groups in total. The van der Waals surface area contributed by atoms with Gasteiger partial charge < -0.3 is 20.9 Å². The van der Waals surface area contributed by atoms with Crippen molar-refractivity contribution in [2.45, 2.75) is 6.61 Å². The number of benzene rings is 2. The summed E-state index contributed by atoms with van der Waals surface area (Å²) in [5.74, 6) is 1.15. The van der Waals surface area contributed by atoms with Crippen molar-refractivity contribution in [3.05, 3.63) is 65.4 Å². The molecule has 0 bridgehead atoms. The highest BCUT2D eigenvalue weighted by atomic mass is 16.6. The van der Waals surface area contributed by atoms with Crippen LogP contribution in [0.3, 0.4) is 0 Å². The lowest BCUT2D eigenvalue weighted by Gasteiger charge is -2.13. The molecule has 0 radical (unpaired) electrons. The Balaban J connectivity index is 1.81. The first-order valence-electron chi connectivity index (χ1n) is 7.97. The Morgan fingerprint density at radius 2 is 1.96 bits per heavy atom. The second-order valence-corrected chi connectivity index (χ2v) is 5.38. The fourth-order valence-corrected chi connectivity index (χ4v) is 2.25. The SMILES string of the molecule is COc1cccc(/C=N/N=C(\N)c2nonc2N)c1OCc1ccccc1. The first-order valence-corrected chi connectivity index (χ1v) is 7.97. The van der Waals surface area contributed by atoms with Crippen molar-refractivity contribution in [2.24, 2.45) is 15.9 Å². The molecule has 0 unspecified atom stereocenters. The van der Waals surface area contributed by atoms with Crippen molar-refractivity contribution >= 4 is 17.9 Å². The maximum atomic E-state index is 5.94. The summed E-state index contributed by atoms with van der Waals surface area (Å²) in [5, 5.41) is 14.8. The van der Waals surface area contributed by atoms with Gasteiger partial charge in [-0.3, -0.25) is 0 Å². The van der Waals surface area contributed by atoms with Crippen molar-refractivity contribution < 1.29 is 14.1 Å². The van der Waals surface area contributed by atoms with Crippen molar-refractivity contribution in [1.29, 1.82) is 0 Å². The molecule has 138 valence electrons. The van der Waals surface area contributed by atoms with Crippen LogP contribution in [0.2, 0.25) is 0 Å². The molecular weight excluding hydrogens is 348 g/mol. The number of nitrogens with two attached hydrogens (primary N) is 2. The average Bonchev–Trinajstić information content (AvgIpc) is 3.13. The number of nitrogens with zero attached hydrogens (tertiary/aromatic N) is 4. The quantitative estimate of drug-likeness (QED) is 0.371. The molecule has 0 saturated carbocycles. The number of para-hydroxylation sites is 1. The number of rotatable bonds is 7. The van der Waals surface area contributed by atoms with Gasteiger partial charge in [-0.05, 0) is 28.0 Å². The highest BCUT2D eigenvalue weighted by Gasteiger charge is 2.11. The molecule has 27 heavy (non-hydrogen) atoms. The zero-order chi connectivity index (χ0) is 19.1. The van der Waals surface area contributed by atoms with Gasteiger partial charge in [0.05, 0.1) is 13.3 Å². The minimum Gasteiger partial charge on any atom is -0.493 e. The fourth-order valence-electron chi connectivity index (χ4n) is 2.25. The van der Waals surface area contributed by atoms with Crippen LogP contribution < -0.4 is 20.9 Å². The molecule has 0 fully saturated rings. The van der Waals surface area contributed by atoms with E-state index in [1.807, 2.05) is 42.5 Å². The molecule has 0 aliphatic heterocycles. The minimum atomic E-state index is -0.0142. The van der Waals surface area contributed by atoms with Gasteiger partial charge >= 0.3 is 0 Å². The summed E-state index contributed by atoms with van der Waals surface area (Å²) in [6.07, 6.45) is 1.50. The van der Waals surface area contributed by atoms with Gasteiger partial charge in [0, 0.05) is 5.56 Å². The van der Waals surface area contributed by atoms with Gasteiger partial charge in [0.15, 0.2) is 28.8 Å². The van der Waals surface area contributed by atoms with E-state index in [2.05, 4.69) is 25.1 Å². The van der Waals surface area contributed by atoms with Crippen LogP contribution in [0.5, 0.6) is 11.5 Å². The zero-order valence-electron chi connectivity index (χ0n) is 14.6. The lowest BCUT2D eigenvalue weighted by Crippen LogP contribution is -2.15. The summed E-state index contributed by atoms with van der Waals surface area (Å²) in [4.78, 5) is 0. The third-order valence-electron chi connectivity index (χ3n) is 3.57. The molecule has 9 heteroatoms. The average molecular weight is 366 g/mol. The van der Waals surface area contributed by atoms with Crippen LogP contribution in [0.4, 0.5) is 5.82 Å². The number of anilines is 1. The Hall–Kier alpha value is -3.88. The van der Waals surface area contributed by atoms with Crippen molar-refractivity contribution in [1.82, 2.24) is 10.3 Å². The maximum absolute atomic E-state index is 5.94. The first-order chi connectivity index (χ1) is 13.2. The second kappa shape index (κ2) is 8.48. The molecule has 9 nitrogen and oxygen atoms in total. The molecule has 0 spiro atoms. The number of amidine groups is 1. The predicted molar refractivity (Wildman–Crippen MR) is 101 cm³/mol. The van der Waals surface area contributed by atoms with Crippen molar-refractivity contribution in [3.63, 3.8) is 0 Å². The number of hydrogen-bond donors (Lipinski definition) is 2. The largest absolute Gasteiger partial charge is 0.493 e. The standard InChI is InChI=1S/C18H18N6O3/c1-25-14-9-5-8-13(16(14)26-11-12-6-3-2-4-7-12)10-21-22-17(19)15-18(20)24-27-23-15/h2-10H,11H2,1H3,(H2,19,22)(H2,20,24)/b21-10+. The minimum absolute atomic E-state index is 0.0142. The summed E-state index contributed by atoms with van der Waals surface area (Å²) < 4.78 is 15.8. The van der Waals surface area contributed by atoms with Crippen LogP contribution in [-0.4, -0.2) is 29.5 Å². The van der Waals surface area contributed by atoms with Gasteiger partial charge in [-0.15, -0.1) is 5.10 Å². The van der Waals surface area contributed by atoms with E-state index in [9.17, 15) is 0 Å².